The monoisotopic (exact) mass is 357 g/mol. The lowest BCUT2D eigenvalue weighted by Crippen LogP contribution is -2.39. The summed E-state index contributed by atoms with van der Waals surface area (Å²) in [5.74, 6) is -1.79. The van der Waals surface area contributed by atoms with Gasteiger partial charge in [-0.15, -0.1) is 0 Å². The van der Waals surface area contributed by atoms with Crippen LogP contribution in [0.1, 0.15) is 30.1 Å². The van der Waals surface area contributed by atoms with E-state index in [-0.39, 0.29) is 17.8 Å². The molecule has 0 saturated heterocycles. The first-order chi connectivity index (χ1) is 11.7. The van der Waals surface area contributed by atoms with E-state index >= 15 is 0 Å². The van der Waals surface area contributed by atoms with Gasteiger partial charge in [0, 0.05) is 30.8 Å². The zero-order valence-corrected chi connectivity index (χ0v) is 14.0. The number of alkyl halides is 3. The van der Waals surface area contributed by atoms with Gasteiger partial charge in [0.15, 0.2) is 0 Å². The molecule has 1 amide bonds. The van der Waals surface area contributed by atoms with Crippen molar-refractivity contribution in [1.29, 1.82) is 0 Å². The smallest absolute Gasteiger partial charge is 0.383 e. The predicted molar refractivity (Wildman–Crippen MR) is 82.8 cm³/mol. The number of ether oxygens (including phenoxy) is 1. The number of methoxy groups -OCH3 is 1. The van der Waals surface area contributed by atoms with Crippen LogP contribution in [0.5, 0.6) is 0 Å². The van der Waals surface area contributed by atoms with Crippen molar-refractivity contribution in [3.05, 3.63) is 35.7 Å². The number of hydrogen-bond donors (Lipinski definition) is 0. The minimum atomic E-state index is -4.69. The van der Waals surface area contributed by atoms with Gasteiger partial charge in [0.1, 0.15) is 0 Å². The van der Waals surface area contributed by atoms with Crippen LogP contribution in [-0.2, 0) is 10.9 Å². The number of aromatic nitrogens is 2. The second kappa shape index (κ2) is 7.64. The summed E-state index contributed by atoms with van der Waals surface area (Å²) in [6, 6.07) is 5.97. The van der Waals surface area contributed by atoms with E-state index in [0.717, 1.165) is 0 Å². The van der Waals surface area contributed by atoms with Crippen LogP contribution < -0.4 is 0 Å². The Morgan fingerprint density at radius 2 is 1.92 bits per heavy atom. The average Bonchev–Trinajstić information content (AvgIpc) is 3.05. The number of carbonyl (C=O) groups excluding carboxylic acids is 1. The van der Waals surface area contributed by atoms with Crippen molar-refractivity contribution < 1.29 is 27.2 Å². The van der Waals surface area contributed by atoms with E-state index in [2.05, 4.69) is 14.7 Å². The molecule has 0 aliphatic heterocycles. The first-order valence-corrected chi connectivity index (χ1v) is 7.55. The molecule has 2 rings (SSSR count). The number of amides is 1. The van der Waals surface area contributed by atoms with Crippen molar-refractivity contribution in [2.45, 2.75) is 26.1 Å². The molecule has 9 heteroatoms. The van der Waals surface area contributed by atoms with Crippen LogP contribution in [0.15, 0.2) is 28.8 Å². The summed E-state index contributed by atoms with van der Waals surface area (Å²) in [6.45, 7) is 4.62. The summed E-state index contributed by atoms with van der Waals surface area (Å²) < 4.78 is 46.7. The maximum atomic E-state index is 12.5. The molecule has 0 unspecified atom stereocenters. The van der Waals surface area contributed by atoms with Crippen LogP contribution in [0, 0.1) is 0 Å². The van der Waals surface area contributed by atoms with E-state index in [4.69, 9.17) is 4.74 Å². The largest absolute Gasteiger partial charge is 0.471 e. The fraction of sp³-hybridized carbons (Fsp3) is 0.438. The third kappa shape index (κ3) is 4.56. The lowest BCUT2D eigenvalue weighted by Gasteiger charge is -2.26. The molecule has 2 aromatic rings. The van der Waals surface area contributed by atoms with Crippen LogP contribution >= 0.6 is 0 Å². The molecule has 0 radical (unpaired) electrons. The maximum absolute atomic E-state index is 12.5. The number of benzene rings is 1. The third-order valence-corrected chi connectivity index (χ3v) is 3.48. The molecular formula is C16H18F3N3O3. The van der Waals surface area contributed by atoms with Crippen molar-refractivity contribution in [3.63, 3.8) is 0 Å². The Kier molecular flexibility index (Phi) is 5.78. The van der Waals surface area contributed by atoms with Gasteiger partial charge in [0.05, 0.1) is 6.61 Å². The standard InChI is InChI=1S/C16H18F3N3O3/c1-10(2)22(8-9-24-3)14(23)12-6-4-11(5-7-12)13-20-15(25-21-13)16(17,18)19/h4-7,10H,8-9H2,1-3H3. The van der Waals surface area contributed by atoms with Crippen LogP contribution in [0.4, 0.5) is 13.2 Å². The predicted octanol–water partition coefficient (Wildman–Crippen LogP) is 3.25. The van der Waals surface area contributed by atoms with E-state index < -0.39 is 12.1 Å². The molecule has 136 valence electrons. The molecule has 0 bridgehead atoms. The van der Waals surface area contributed by atoms with E-state index in [9.17, 15) is 18.0 Å². The highest BCUT2D eigenvalue weighted by molar-refractivity contribution is 5.94. The number of nitrogens with zero attached hydrogens (tertiary/aromatic N) is 3. The summed E-state index contributed by atoms with van der Waals surface area (Å²) in [7, 11) is 1.55. The van der Waals surface area contributed by atoms with Gasteiger partial charge >= 0.3 is 12.1 Å². The Hall–Kier alpha value is -2.42. The summed E-state index contributed by atoms with van der Waals surface area (Å²) in [5, 5.41) is 3.31. The lowest BCUT2D eigenvalue weighted by atomic mass is 10.1. The zero-order valence-electron chi connectivity index (χ0n) is 14.0. The number of halogens is 3. The molecule has 0 spiro atoms. The van der Waals surface area contributed by atoms with E-state index in [1.807, 2.05) is 13.8 Å². The highest BCUT2D eigenvalue weighted by Crippen LogP contribution is 2.29. The molecule has 0 fully saturated rings. The fourth-order valence-corrected chi connectivity index (χ4v) is 2.17. The van der Waals surface area contributed by atoms with E-state index in [1.165, 1.54) is 24.3 Å². The van der Waals surface area contributed by atoms with Gasteiger partial charge in [-0.1, -0.05) is 17.3 Å². The Bertz CT molecular complexity index is 711. The highest BCUT2D eigenvalue weighted by atomic mass is 19.4. The molecule has 1 heterocycles. The highest BCUT2D eigenvalue weighted by Gasteiger charge is 2.38. The number of hydrogen-bond acceptors (Lipinski definition) is 5. The normalized spacial score (nSPS) is 11.8. The summed E-state index contributed by atoms with van der Waals surface area (Å²) >= 11 is 0. The molecule has 0 aliphatic carbocycles. The summed E-state index contributed by atoms with van der Waals surface area (Å²) in [6.07, 6.45) is -4.69. The van der Waals surface area contributed by atoms with E-state index in [1.54, 1.807) is 12.0 Å². The van der Waals surface area contributed by atoms with Crippen LogP contribution in [0.2, 0.25) is 0 Å². The Balaban J connectivity index is 2.18. The van der Waals surface area contributed by atoms with Gasteiger partial charge in [0.2, 0.25) is 5.82 Å². The topological polar surface area (TPSA) is 68.5 Å². The number of carbonyl (C=O) groups is 1. The van der Waals surface area contributed by atoms with Crippen molar-refractivity contribution in [3.8, 4) is 11.4 Å². The fourth-order valence-electron chi connectivity index (χ4n) is 2.17. The van der Waals surface area contributed by atoms with Crippen LogP contribution in [0.3, 0.4) is 0 Å². The molecule has 6 nitrogen and oxygen atoms in total. The molecule has 1 aromatic carbocycles. The number of rotatable bonds is 6. The Morgan fingerprint density at radius 1 is 1.28 bits per heavy atom. The molecule has 0 N–H and O–H groups in total. The molecular weight excluding hydrogens is 339 g/mol. The van der Waals surface area contributed by atoms with Gasteiger partial charge < -0.3 is 14.2 Å². The lowest BCUT2D eigenvalue weighted by molar-refractivity contribution is -0.159. The average molecular weight is 357 g/mol. The van der Waals surface area contributed by atoms with Gasteiger partial charge in [0.25, 0.3) is 5.91 Å². The minimum absolute atomic E-state index is 0.0196. The third-order valence-electron chi connectivity index (χ3n) is 3.48. The Labute approximate surface area is 142 Å². The van der Waals surface area contributed by atoms with Crippen molar-refractivity contribution in [2.75, 3.05) is 20.3 Å². The van der Waals surface area contributed by atoms with Gasteiger partial charge in [-0.25, -0.2) is 0 Å². The maximum Gasteiger partial charge on any atom is 0.471 e. The summed E-state index contributed by atoms with van der Waals surface area (Å²) in [4.78, 5) is 17.5. The Morgan fingerprint density at radius 3 is 2.40 bits per heavy atom. The quantitative estimate of drug-likeness (QED) is 0.794. The van der Waals surface area contributed by atoms with Gasteiger partial charge in [-0.3, -0.25) is 4.79 Å². The van der Waals surface area contributed by atoms with Crippen LogP contribution in [0.25, 0.3) is 11.4 Å². The van der Waals surface area contributed by atoms with Crippen molar-refractivity contribution in [1.82, 2.24) is 15.0 Å². The van der Waals surface area contributed by atoms with Gasteiger partial charge in [-0.05, 0) is 26.0 Å². The molecule has 0 atom stereocenters. The van der Waals surface area contributed by atoms with Crippen molar-refractivity contribution in [2.24, 2.45) is 0 Å². The van der Waals surface area contributed by atoms with Gasteiger partial charge in [-0.2, -0.15) is 18.2 Å². The van der Waals surface area contributed by atoms with Crippen LogP contribution in [-0.4, -0.2) is 47.3 Å². The first kappa shape index (κ1) is 18.9. The summed E-state index contributed by atoms with van der Waals surface area (Å²) in [5.41, 5.74) is 0.733. The zero-order chi connectivity index (χ0) is 18.6. The van der Waals surface area contributed by atoms with E-state index in [0.29, 0.717) is 24.3 Å². The first-order valence-electron chi connectivity index (χ1n) is 7.55. The minimum Gasteiger partial charge on any atom is -0.383 e. The molecule has 25 heavy (non-hydrogen) atoms. The molecule has 0 saturated carbocycles. The second-order valence-electron chi connectivity index (χ2n) is 5.58. The molecule has 0 aliphatic rings. The van der Waals surface area contributed by atoms with Crippen molar-refractivity contribution >= 4 is 5.91 Å². The second-order valence-corrected chi connectivity index (χ2v) is 5.58. The molecule has 1 aromatic heterocycles. The SMILES string of the molecule is COCCN(C(=O)c1ccc(-c2noc(C(F)(F)F)n2)cc1)C(C)C.